The van der Waals surface area contributed by atoms with E-state index in [0.717, 1.165) is 11.4 Å². The van der Waals surface area contributed by atoms with E-state index in [4.69, 9.17) is 17.3 Å². The largest absolute Gasteiger partial charge is 0.329 e. The van der Waals surface area contributed by atoms with Crippen LogP contribution in [0.3, 0.4) is 0 Å². The molecule has 0 spiro atoms. The summed E-state index contributed by atoms with van der Waals surface area (Å²) in [5, 5.41) is 0.791. The van der Waals surface area contributed by atoms with Crippen LogP contribution < -0.4 is 5.73 Å². The van der Waals surface area contributed by atoms with Gasteiger partial charge in [-0.25, -0.2) is 0 Å². The number of nitrogens with two attached hydrogens (primary N) is 1. The summed E-state index contributed by atoms with van der Waals surface area (Å²) in [6, 6.07) is 8.40. The van der Waals surface area contributed by atoms with Gasteiger partial charge in [0.15, 0.2) is 0 Å². The lowest BCUT2D eigenvalue weighted by Crippen LogP contribution is -2.50. The molecule has 0 saturated heterocycles. The molecule has 0 amide bonds. The van der Waals surface area contributed by atoms with Gasteiger partial charge in [-0.1, -0.05) is 37.6 Å². The van der Waals surface area contributed by atoms with Crippen LogP contribution in [-0.4, -0.2) is 24.0 Å². The zero-order valence-electron chi connectivity index (χ0n) is 13.5. The molecule has 0 heterocycles. The van der Waals surface area contributed by atoms with Crippen LogP contribution in [0.25, 0.3) is 0 Å². The van der Waals surface area contributed by atoms with Crippen LogP contribution in [0, 0.1) is 5.92 Å². The summed E-state index contributed by atoms with van der Waals surface area (Å²) >= 11 is 6.10. The van der Waals surface area contributed by atoms with E-state index in [9.17, 15) is 0 Å². The first-order chi connectivity index (χ1) is 9.30. The van der Waals surface area contributed by atoms with Crippen molar-refractivity contribution in [3.8, 4) is 0 Å². The van der Waals surface area contributed by atoms with Crippen molar-refractivity contribution in [2.75, 3.05) is 13.6 Å². The fourth-order valence-electron chi connectivity index (χ4n) is 2.48. The van der Waals surface area contributed by atoms with Crippen molar-refractivity contribution >= 4 is 11.6 Å². The van der Waals surface area contributed by atoms with Gasteiger partial charge in [-0.3, -0.25) is 4.90 Å². The van der Waals surface area contributed by atoms with Crippen LogP contribution >= 0.6 is 11.6 Å². The van der Waals surface area contributed by atoms with Gasteiger partial charge in [-0.15, -0.1) is 0 Å². The highest BCUT2D eigenvalue weighted by molar-refractivity contribution is 6.30. The topological polar surface area (TPSA) is 29.3 Å². The highest BCUT2D eigenvalue weighted by Gasteiger charge is 2.31. The van der Waals surface area contributed by atoms with Gasteiger partial charge in [-0.2, -0.15) is 0 Å². The highest BCUT2D eigenvalue weighted by Crippen LogP contribution is 2.31. The van der Waals surface area contributed by atoms with Gasteiger partial charge in [0.05, 0.1) is 0 Å². The average molecular weight is 297 g/mol. The fraction of sp³-hybridized carbons (Fsp3) is 0.647. The number of hydrogen-bond acceptors (Lipinski definition) is 2. The van der Waals surface area contributed by atoms with Gasteiger partial charge in [0.25, 0.3) is 0 Å². The molecule has 1 aromatic rings. The van der Waals surface area contributed by atoms with Crippen LogP contribution in [-0.2, 0) is 0 Å². The van der Waals surface area contributed by atoms with Crippen LogP contribution in [0.5, 0.6) is 0 Å². The molecule has 1 rings (SSSR count). The van der Waals surface area contributed by atoms with Crippen LogP contribution in [0.2, 0.25) is 5.02 Å². The lowest BCUT2D eigenvalue weighted by Gasteiger charge is -2.42. The quantitative estimate of drug-likeness (QED) is 0.803. The summed E-state index contributed by atoms with van der Waals surface area (Å²) < 4.78 is 0. The minimum absolute atomic E-state index is 0.0198. The molecular formula is C17H29ClN2. The van der Waals surface area contributed by atoms with E-state index in [1.165, 1.54) is 12.0 Å². The zero-order valence-corrected chi connectivity index (χ0v) is 14.2. The number of hydrogen-bond donors (Lipinski definition) is 1. The predicted octanol–water partition coefficient (Wildman–Crippen LogP) is 4.49. The van der Waals surface area contributed by atoms with Gasteiger partial charge in [0, 0.05) is 23.1 Å². The van der Waals surface area contributed by atoms with Gasteiger partial charge >= 0.3 is 0 Å². The molecule has 0 aliphatic rings. The van der Waals surface area contributed by atoms with Crippen LogP contribution in [0.15, 0.2) is 24.3 Å². The van der Waals surface area contributed by atoms with E-state index in [1.54, 1.807) is 0 Å². The normalized spacial score (nSPS) is 16.4. The highest BCUT2D eigenvalue weighted by atomic mass is 35.5. The van der Waals surface area contributed by atoms with Crippen molar-refractivity contribution in [2.24, 2.45) is 11.7 Å². The van der Waals surface area contributed by atoms with E-state index in [1.807, 2.05) is 18.2 Å². The lowest BCUT2D eigenvalue weighted by atomic mass is 9.88. The summed E-state index contributed by atoms with van der Waals surface area (Å²) in [4.78, 5) is 2.39. The zero-order chi connectivity index (χ0) is 15.3. The van der Waals surface area contributed by atoms with Gasteiger partial charge in [0.2, 0.25) is 0 Å². The molecule has 0 aliphatic heterocycles. The monoisotopic (exact) mass is 296 g/mol. The number of likely N-dealkylation sites (N-methyl/N-ethyl adjacent to an activating group) is 1. The number of halogens is 1. The second-order valence-electron chi connectivity index (χ2n) is 6.48. The van der Waals surface area contributed by atoms with Crippen molar-refractivity contribution in [3.05, 3.63) is 34.9 Å². The predicted molar refractivity (Wildman–Crippen MR) is 89.2 cm³/mol. The Hall–Kier alpha value is -0.570. The Morgan fingerprint density at radius 2 is 1.95 bits per heavy atom. The molecule has 1 aromatic carbocycles. The minimum atomic E-state index is 0.0198. The maximum Gasteiger partial charge on any atom is 0.0409 e. The third-order valence-corrected chi connectivity index (χ3v) is 4.70. The molecule has 3 heteroatoms. The maximum atomic E-state index is 6.10. The first kappa shape index (κ1) is 17.5. The molecule has 0 saturated carbocycles. The molecule has 20 heavy (non-hydrogen) atoms. The summed E-state index contributed by atoms with van der Waals surface area (Å²) in [6.07, 6.45) is 2.31. The molecule has 114 valence electrons. The Labute approximate surface area is 129 Å². The Morgan fingerprint density at radius 3 is 2.45 bits per heavy atom. The lowest BCUT2D eigenvalue weighted by molar-refractivity contribution is 0.0864. The van der Waals surface area contributed by atoms with Crippen molar-refractivity contribution in [3.63, 3.8) is 0 Å². The number of benzene rings is 1. The Bertz CT molecular complexity index is 419. The second-order valence-corrected chi connectivity index (χ2v) is 6.91. The molecule has 0 bridgehead atoms. The van der Waals surface area contributed by atoms with Crippen LogP contribution in [0.4, 0.5) is 0 Å². The molecular weight excluding hydrogens is 268 g/mol. The smallest absolute Gasteiger partial charge is 0.0409 e. The van der Waals surface area contributed by atoms with E-state index >= 15 is 0 Å². The van der Waals surface area contributed by atoms with Gasteiger partial charge in [-0.05, 0) is 57.4 Å². The summed E-state index contributed by atoms with van der Waals surface area (Å²) in [5.41, 5.74) is 7.33. The van der Waals surface area contributed by atoms with Gasteiger partial charge < -0.3 is 5.73 Å². The molecule has 2 atom stereocenters. The summed E-state index contributed by atoms with van der Waals surface area (Å²) in [7, 11) is 2.17. The first-order valence-corrected chi connectivity index (χ1v) is 7.86. The van der Waals surface area contributed by atoms with Crippen molar-refractivity contribution < 1.29 is 0 Å². The van der Waals surface area contributed by atoms with Crippen molar-refractivity contribution in [1.29, 1.82) is 0 Å². The van der Waals surface area contributed by atoms with Crippen LogP contribution in [0.1, 0.15) is 52.1 Å². The third-order valence-electron chi connectivity index (χ3n) is 4.46. The molecule has 2 nitrogen and oxygen atoms in total. The molecule has 0 fully saturated rings. The molecule has 0 radical (unpaired) electrons. The number of rotatable bonds is 7. The third kappa shape index (κ3) is 4.47. The molecule has 2 unspecified atom stereocenters. The molecule has 0 aromatic heterocycles. The van der Waals surface area contributed by atoms with E-state index in [2.05, 4.69) is 45.7 Å². The first-order valence-electron chi connectivity index (χ1n) is 7.48. The van der Waals surface area contributed by atoms with E-state index in [-0.39, 0.29) is 5.54 Å². The van der Waals surface area contributed by atoms with E-state index in [0.29, 0.717) is 18.5 Å². The minimum Gasteiger partial charge on any atom is -0.329 e. The summed E-state index contributed by atoms with van der Waals surface area (Å²) in [6.45, 7) is 9.67. The Balaban J connectivity index is 2.86. The average Bonchev–Trinajstić information content (AvgIpc) is 2.43. The summed E-state index contributed by atoms with van der Waals surface area (Å²) in [5.74, 6) is 0.704. The SMILES string of the molecule is CC(C)CCC(C)(CN)N(C)C(C)c1cccc(Cl)c1. The molecule has 0 aliphatic carbocycles. The molecule has 2 N–H and O–H groups in total. The van der Waals surface area contributed by atoms with E-state index < -0.39 is 0 Å². The second kappa shape index (κ2) is 7.44. The fourth-order valence-corrected chi connectivity index (χ4v) is 2.68. The van der Waals surface area contributed by atoms with Crippen molar-refractivity contribution in [2.45, 2.75) is 52.1 Å². The number of nitrogens with zero attached hydrogens (tertiary/aromatic N) is 1. The Morgan fingerprint density at radius 1 is 1.30 bits per heavy atom. The standard InChI is InChI=1S/C17H29ClN2/c1-13(2)9-10-17(4,12-19)20(5)14(3)15-7-6-8-16(18)11-15/h6-8,11,13-14H,9-10,12,19H2,1-5H3. The maximum absolute atomic E-state index is 6.10. The van der Waals surface area contributed by atoms with Gasteiger partial charge in [0.1, 0.15) is 0 Å². The van der Waals surface area contributed by atoms with Crippen molar-refractivity contribution in [1.82, 2.24) is 4.90 Å². The Kier molecular flexibility index (Phi) is 6.50.